The van der Waals surface area contributed by atoms with E-state index in [-0.39, 0.29) is 24.0 Å². The number of rotatable bonds is 6. The van der Waals surface area contributed by atoms with E-state index in [9.17, 15) is 9.90 Å². The SMILES string of the molecule is N#Cc1cccc(CNC2COC(CNC(=O)C3CC3)C2O)c1. The van der Waals surface area contributed by atoms with Crippen LogP contribution in [0.2, 0.25) is 0 Å². The molecule has 1 saturated carbocycles. The van der Waals surface area contributed by atoms with Gasteiger partial charge < -0.3 is 20.5 Å². The van der Waals surface area contributed by atoms with Gasteiger partial charge in [0.15, 0.2) is 0 Å². The molecule has 122 valence electrons. The molecule has 6 heteroatoms. The molecule has 2 aliphatic rings. The lowest BCUT2D eigenvalue weighted by atomic mass is 10.1. The number of amides is 1. The van der Waals surface area contributed by atoms with Crippen LogP contribution in [0.15, 0.2) is 24.3 Å². The molecule has 1 aromatic carbocycles. The summed E-state index contributed by atoms with van der Waals surface area (Å²) in [7, 11) is 0. The van der Waals surface area contributed by atoms with Crippen LogP contribution >= 0.6 is 0 Å². The van der Waals surface area contributed by atoms with Gasteiger partial charge in [0.2, 0.25) is 5.91 Å². The van der Waals surface area contributed by atoms with Gasteiger partial charge in [-0.25, -0.2) is 0 Å². The number of aliphatic hydroxyl groups is 1. The van der Waals surface area contributed by atoms with Gasteiger partial charge in [-0.2, -0.15) is 5.26 Å². The summed E-state index contributed by atoms with van der Waals surface area (Å²) in [6.45, 7) is 1.31. The van der Waals surface area contributed by atoms with Gasteiger partial charge in [0.05, 0.1) is 30.4 Å². The minimum absolute atomic E-state index is 0.0607. The summed E-state index contributed by atoms with van der Waals surface area (Å²) < 4.78 is 5.58. The van der Waals surface area contributed by atoms with E-state index in [1.54, 1.807) is 6.07 Å². The second kappa shape index (κ2) is 7.09. The lowest BCUT2D eigenvalue weighted by molar-refractivity contribution is -0.123. The molecule has 3 N–H and O–H groups in total. The summed E-state index contributed by atoms with van der Waals surface area (Å²) in [4.78, 5) is 11.6. The van der Waals surface area contributed by atoms with Crippen molar-refractivity contribution in [2.75, 3.05) is 13.2 Å². The highest BCUT2D eigenvalue weighted by Gasteiger charge is 2.37. The molecule has 3 atom stereocenters. The number of benzene rings is 1. The number of nitrogens with zero attached hydrogens (tertiary/aromatic N) is 1. The van der Waals surface area contributed by atoms with Crippen molar-refractivity contribution >= 4 is 5.91 Å². The zero-order valence-electron chi connectivity index (χ0n) is 12.9. The highest BCUT2D eigenvalue weighted by Crippen LogP contribution is 2.28. The number of hydrogen-bond donors (Lipinski definition) is 3. The molecule has 1 aromatic rings. The molecule has 1 aliphatic heterocycles. The van der Waals surface area contributed by atoms with Crippen molar-refractivity contribution in [1.82, 2.24) is 10.6 Å². The van der Waals surface area contributed by atoms with Gasteiger partial charge in [-0.05, 0) is 30.5 Å². The van der Waals surface area contributed by atoms with Crippen LogP contribution in [-0.4, -0.2) is 42.4 Å². The van der Waals surface area contributed by atoms with Crippen molar-refractivity contribution in [3.8, 4) is 6.07 Å². The summed E-state index contributed by atoms with van der Waals surface area (Å²) in [5, 5.41) is 25.3. The maximum absolute atomic E-state index is 11.6. The third-order valence-corrected chi connectivity index (χ3v) is 4.33. The first-order chi connectivity index (χ1) is 11.2. The van der Waals surface area contributed by atoms with E-state index in [2.05, 4.69) is 16.7 Å². The predicted molar refractivity (Wildman–Crippen MR) is 83.3 cm³/mol. The minimum atomic E-state index is -0.659. The van der Waals surface area contributed by atoms with E-state index < -0.39 is 6.10 Å². The molecule has 23 heavy (non-hydrogen) atoms. The summed E-state index contributed by atoms with van der Waals surface area (Å²) in [5.41, 5.74) is 1.61. The van der Waals surface area contributed by atoms with Gasteiger partial charge in [-0.15, -0.1) is 0 Å². The fourth-order valence-electron chi connectivity index (χ4n) is 2.73. The molecule has 0 spiro atoms. The molecule has 1 aliphatic carbocycles. The molecule has 1 amide bonds. The maximum atomic E-state index is 11.6. The quantitative estimate of drug-likeness (QED) is 0.702. The normalized spacial score (nSPS) is 26.7. The Morgan fingerprint density at radius 2 is 2.26 bits per heavy atom. The standard InChI is InChI=1S/C17H21N3O3/c18-7-11-2-1-3-12(6-11)8-19-14-10-23-15(16(14)21)9-20-17(22)13-4-5-13/h1-3,6,13-16,19,21H,4-5,8-10H2,(H,20,22). The van der Waals surface area contributed by atoms with Gasteiger partial charge >= 0.3 is 0 Å². The summed E-state index contributed by atoms with van der Waals surface area (Å²) in [6, 6.07) is 9.29. The monoisotopic (exact) mass is 315 g/mol. The third-order valence-electron chi connectivity index (χ3n) is 4.33. The fraction of sp³-hybridized carbons (Fsp3) is 0.529. The maximum Gasteiger partial charge on any atom is 0.223 e. The van der Waals surface area contributed by atoms with Crippen molar-refractivity contribution in [3.05, 3.63) is 35.4 Å². The van der Waals surface area contributed by atoms with E-state index in [1.165, 1.54) is 0 Å². The van der Waals surface area contributed by atoms with Gasteiger partial charge in [0, 0.05) is 19.0 Å². The first-order valence-corrected chi connectivity index (χ1v) is 7.97. The summed E-state index contributed by atoms with van der Waals surface area (Å²) >= 11 is 0. The molecule has 6 nitrogen and oxygen atoms in total. The van der Waals surface area contributed by atoms with Gasteiger partial charge in [-0.1, -0.05) is 12.1 Å². The Kier molecular flexibility index (Phi) is 4.91. The second-order valence-electron chi connectivity index (χ2n) is 6.18. The van der Waals surface area contributed by atoms with Crippen LogP contribution in [0.3, 0.4) is 0 Å². The third kappa shape index (κ3) is 4.08. The molecule has 0 radical (unpaired) electrons. The Labute approximate surface area is 135 Å². The van der Waals surface area contributed by atoms with Crippen LogP contribution in [0.1, 0.15) is 24.0 Å². The number of aliphatic hydroxyl groups excluding tert-OH is 1. The summed E-state index contributed by atoms with van der Waals surface area (Å²) in [5.74, 6) is 0.223. The Balaban J connectivity index is 1.45. The van der Waals surface area contributed by atoms with Crippen LogP contribution in [-0.2, 0) is 16.1 Å². The summed E-state index contributed by atoms with van der Waals surface area (Å²) in [6.07, 6.45) is 0.895. The molecule has 0 aromatic heterocycles. The zero-order chi connectivity index (χ0) is 16.2. The topological polar surface area (TPSA) is 94.4 Å². The first-order valence-electron chi connectivity index (χ1n) is 7.97. The predicted octanol–water partition coefficient (Wildman–Crippen LogP) is 0.302. The van der Waals surface area contributed by atoms with Gasteiger partial charge in [-0.3, -0.25) is 4.79 Å². The van der Waals surface area contributed by atoms with E-state index >= 15 is 0 Å². The van der Waals surface area contributed by atoms with E-state index in [1.807, 2.05) is 18.2 Å². The number of carbonyl (C=O) groups is 1. The van der Waals surface area contributed by atoms with Crippen molar-refractivity contribution < 1.29 is 14.6 Å². The largest absolute Gasteiger partial charge is 0.389 e. The fourth-order valence-corrected chi connectivity index (χ4v) is 2.73. The molecular formula is C17H21N3O3. The van der Waals surface area contributed by atoms with E-state index in [0.29, 0.717) is 25.3 Å². The van der Waals surface area contributed by atoms with Crippen molar-refractivity contribution in [2.24, 2.45) is 5.92 Å². The number of carbonyl (C=O) groups excluding carboxylic acids is 1. The lowest BCUT2D eigenvalue weighted by Gasteiger charge is -2.19. The average molecular weight is 315 g/mol. The molecule has 2 fully saturated rings. The number of ether oxygens (including phenoxy) is 1. The Morgan fingerprint density at radius 1 is 1.43 bits per heavy atom. The van der Waals surface area contributed by atoms with Gasteiger partial charge in [0.1, 0.15) is 6.10 Å². The first kappa shape index (κ1) is 15.9. The molecule has 0 bridgehead atoms. The number of nitriles is 1. The van der Waals surface area contributed by atoms with Gasteiger partial charge in [0.25, 0.3) is 0 Å². The second-order valence-corrected chi connectivity index (χ2v) is 6.18. The Bertz CT molecular complexity index is 609. The zero-order valence-corrected chi connectivity index (χ0v) is 12.9. The van der Waals surface area contributed by atoms with Crippen LogP contribution in [0.25, 0.3) is 0 Å². The van der Waals surface area contributed by atoms with E-state index in [4.69, 9.17) is 10.00 Å². The van der Waals surface area contributed by atoms with Crippen LogP contribution < -0.4 is 10.6 Å². The minimum Gasteiger partial charge on any atom is -0.389 e. The molecule has 3 unspecified atom stereocenters. The van der Waals surface area contributed by atoms with Crippen LogP contribution in [0.5, 0.6) is 0 Å². The van der Waals surface area contributed by atoms with Crippen molar-refractivity contribution in [1.29, 1.82) is 5.26 Å². The molecule has 1 heterocycles. The molecule has 1 saturated heterocycles. The Hall–Kier alpha value is -1.94. The van der Waals surface area contributed by atoms with E-state index in [0.717, 1.165) is 18.4 Å². The molecular weight excluding hydrogens is 294 g/mol. The Morgan fingerprint density at radius 3 is 3.00 bits per heavy atom. The molecule has 3 rings (SSSR count). The van der Waals surface area contributed by atoms with Crippen LogP contribution in [0, 0.1) is 17.2 Å². The van der Waals surface area contributed by atoms with Crippen molar-refractivity contribution in [3.63, 3.8) is 0 Å². The smallest absolute Gasteiger partial charge is 0.223 e. The highest BCUT2D eigenvalue weighted by atomic mass is 16.5. The highest BCUT2D eigenvalue weighted by molar-refractivity contribution is 5.80. The average Bonchev–Trinajstić information content (AvgIpc) is 3.36. The van der Waals surface area contributed by atoms with Crippen LogP contribution in [0.4, 0.5) is 0 Å². The number of hydrogen-bond acceptors (Lipinski definition) is 5. The lowest BCUT2D eigenvalue weighted by Crippen LogP contribution is -2.44. The number of nitrogens with one attached hydrogen (secondary N) is 2. The van der Waals surface area contributed by atoms with Crippen molar-refractivity contribution in [2.45, 2.75) is 37.6 Å².